The van der Waals surface area contributed by atoms with Gasteiger partial charge in [0.25, 0.3) is 0 Å². The van der Waals surface area contributed by atoms with Gasteiger partial charge in [0.1, 0.15) is 6.10 Å². The van der Waals surface area contributed by atoms with Gasteiger partial charge in [-0.25, -0.2) is 0 Å². The molecule has 1 saturated carbocycles. The summed E-state index contributed by atoms with van der Waals surface area (Å²) in [5, 5.41) is 10.6. The van der Waals surface area contributed by atoms with Crippen molar-refractivity contribution in [1.82, 2.24) is 0 Å². The SMILES string of the molecule is COc1ccc(C(O)CC2CCCCC2)cc1OC1CCOC1. The molecule has 0 amide bonds. The zero-order valence-corrected chi connectivity index (χ0v) is 14.0. The van der Waals surface area contributed by atoms with Crippen molar-refractivity contribution in [3.63, 3.8) is 0 Å². The Morgan fingerprint density at radius 2 is 2.00 bits per heavy atom. The van der Waals surface area contributed by atoms with Gasteiger partial charge in [-0.05, 0) is 30.0 Å². The van der Waals surface area contributed by atoms with E-state index in [1.807, 2.05) is 18.2 Å². The molecule has 23 heavy (non-hydrogen) atoms. The lowest BCUT2D eigenvalue weighted by atomic mass is 9.84. The highest BCUT2D eigenvalue weighted by Crippen LogP contribution is 2.36. The maximum atomic E-state index is 10.6. The van der Waals surface area contributed by atoms with Gasteiger partial charge in [0, 0.05) is 6.42 Å². The van der Waals surface area contributed by atoms with E-state index in [4.69, 9.17) is 14.2 Å². The summed E-state index contributed by atoms with van der Waals surface area (Å²) in [7, 11) is 1.64. The Morgan fingerprint density at radius 1 is 1.17 bits per heavy atom. The van der Waals surface area contributed by atoms with Gasteiger partial charge >= 0.3 is 0 Å². The zero-order chi connectivity index (χ0) is 16.1. The van der Waals surface area contributed by atoms with Crippen LogP contribution in [0.1, 0.15) is 56.6 Å². The molecule has 2 unspecified atom stereocenters. The van der Waals surface area contributed by atoms with Crippen LogP contribution in [0.3, 0.4) is 0 Å². The van der Waals surface area contributed by atoms with Gasteiger partial charge in [-0.15, -0.1) is 0 Å². The first kappa shape index (κ1) is 16.6. The highest BCUT2D eigenvalue weighted by Gasteiger charge is 2.22. The number of aliphatic hydroxyl groups is 1. The van der Waals surface area contributed by atoms with Crippen LogP contribution >= 0.6 is 0 Å². The van der Waals surface area contributed by atoms with E-state index in [9.17, 15) is 5.11 Å². The van der Waals surface area contributed by atoms with E-state index in [0.717, 1.165) is 25.0 Å². The Labute approximate surface area is 138 Å². The van der Waals surface area contributed by atoms with Crippen LogP contribution in [0.4, 0.5) is 0 Å². The summed E-state index contributed by atoms with van der Waals surface area (Å²) in [5.74, 6) is 2.07. The van der Waals surface area contributed by atoms with E-state index in [2.05, 4.69) is 0 Å². The third-order valence-electron chi connectivity index (χ3n) is 5.04. The minimum Gasteiger partial charge on any atom is -0.493 e. The maximum absolute atomic E-state index is 10.6. The van der Waals surface area contributed by atoms with Crippen LogP contribution in [-0.4, -0.2) is 31.5 Å². The van der Waals surface area contributed by atoms with Gasteiger partial charge in [0.15, 0.2) is 11.5 Å². The van der Waals surface area contributed by atoms with Crippen LogP contribution in [0.2, 0.25) is 0 Å². The Balaban J connectivity index is 1.68. The molecule has 2 atom stereocenters. The first-order valence-electron chi connectivity index (χ1n) is 8.86. The molecular weight excluding hydrogens is 292 g/mol. The van der Waals surface area contributed by atoms with Crippen molar-refractivity contribution in [2.75, 3.05) is 20.3 Å². The summed E-state index contributed by atoms with van der Waals surface area (Å²) < 4.78 is 16.8. The first-order chi connectivity index (χ1) is 11.3. The van der Waals surface area contributed by atoms with Crippen molar-refractivity contribution >= 4 is 0 Å². The molecule has 0 bridgehead atoms. The molecule has 1 heterocycles. The zero-order valence-electron chi connectivity index (χ0n) is 14.0. The van der Waals surface area contributed by atoms with Crippen molar-refractivity contribution < 1.29 is 19.3 Å². The largest absolute Gasteiger partial charge is 0.493 e. The maximum Gasteiger partial charge on any atom is 0.162 e. The highest BCUT2D eigenvalue weighted by atomic mass is 16.6. The molecule has 2 aliphatic rings. The Hall–Kier alpha value is -1.26. The second-order valence-corrected chi connectivity index (χ2v) is 6.77. The topological polar surface area (TPSA) is 47.9 Å². The molecule has 1 aliphatic carbocycles. The standard InChI is InChI=1S/C19H28O4/c1-21-18-8-7-15(12-19(18)23-16-9-10-22-13-16)17(20)11-14-5-3-2-4-6-14/h7-8,12,14,16-17,20H,2-6,9-11,13H2,1H3. The number of rotatable bonds is 6. The van der Waals surface area contributed by atoms with Crippen LogP contribution in [0, 0.1) is 5.92 Å². The monoisotopic (exact) mass is 320 g/mol. The minimum absolute atomic E-state index is 0.0784. The lowest BCUT2D eigenvalue weighted by molar-refractivity contribution is 0.128. The highest BCUT2D eigenvalue weighted by molar-refractivity contribution is 5.43. The number of hydrogen-bond acceptors (Lipinski definition) is 4. The normalized spacial score (nSPS) is 23.7. The molecule has 0 radical (unpaired) electrons. The smallest absolute Gasteiger partial charge is 0.162 e. The number of ether oxygens (including phenoxy) is 3. The molecular formula is C19H28O4. The van der Waals surface area contributed by atoms with E-state index in [1.165, 1.54) is 32.1 Å². The molecule has 1 aromatic rings. The molecule has 4 heteroatoms. The summed E-state index contributed by atoms with van der Waals surface area (Å²) in [6.07, 6.45) is 7.84. The van der Waals surface area contributed by atoms with Gasteiger partial charge in [0.2, 0.25) is 0 Å². The quantitative estimate of drug-likeness (QED) is 0.864. The Morgan fingerprint density at radius 3 is 2.70 bits per heavy atom. The van der Waals surface area contributed by atoms with Crippen molar-refractivity contribution in [2.24, 2.45) is 5.92 Å². The number of aliphatic hydroxyl groups excluding tert-OH is 1. The second kappa shape index (κ2) is 8.02. The predicted molar refractivity (Wildman–Crippen MR) is 89.0 cm³/mol. The number of benzene rings is 1. The number of methoxy groups -OCH3 is 1. The first-order valence-corrected chi connectivity index (χ1v) is 8.86. The van der Waals surface area contributed by atoms with Crippen LogP contribution < -0.4 is 9.47 Å². The molecule has 1 N–H and O–H groups in total. The summed E-state index contributed by atoms with van der Waals surface area (Å²) in [6, 6.07) is 5.78. The second-order valence-electron chi connectivity index (χ2n) is 6.77. The Kier molecular flexibility index (Phi) is 5.79. The molecule has 0 spiro atoms. The van der Waals surface area contributed by atoms with E-state index in [0.29, 0.717) is 24.0 Å². The molecule has 0 aromatic heterocycles. The molecule has 1 aromatic carbocycles. The average Bonchev–Trinajstić information content (AvgIpc) is 3.09. The minimum atomic E-state index is -0.425. The van der Waals surface area contributed by atoms with E-state index in [1.54, 1.807) is 7.11 Å². The Bertz CT molecular complexity index is 490. The summed E-state index contributed by atoms with van der Waals surface area (Å²) in [6.45, 7) is 1.37. The fourth-order valence-corrected chi connectivity index (χ4v) is 3.65. The molecule has 1 aliphatic heterocycles. The van der Waals surface area contributed by atoms with Gasteiger partial charge in [0.05, 0.1) is 26.4 Å². The summed E-state index contributed by atoms with van der Waals surface area (Å²) in [5.41, 5.74) is 0.922. The van der Waals surface area contributed by atoms with Crippen LogP contribution in [-0.2, 0) is 4.74 Å². The lowest BCUT2D eigenvalue weighted by Crippen LogP contribution is -2.16. The van der Waals surface area contributed by atoms with Gasteiger partial charge in [-0.1, -0.05) is 38.2 Å². The molecule has 128 valence electrons. The van der Waals surface area contributed by atoms with Crippen LogP contribution in [0.25, 0.3) is 0 Å². The van der Waals surface area contributed by atoms with Crippen molar-refractivity contribution in [2.45, 2.75) is 57.2 Å². The fourth-order valence-electron chi connectivity index (χ4n) is 3.65. The van der Waals surface area contributed by atoms with Gasteiger partial charge in [-0.3, -0.25) is 0 Å². The molecule has 1 saturated heterocycles. The van der Waals surface area contributed by atoms with Gasteiger partial charge < -0.3 is 19.3 Å². The average molecular weight is 320 g/mol. The van der Waals surface area contributed by atoms with Crippen molar-refractivity contribution in [3.05, 3.63) is 23.8 Å². The summed E-state index contributed by atoms with van der Waals surface area (Å²) >= 11 is 0. The summed E-state index contributed by atoms with van der Waals surface area (Å²) in [4.78, 5) is 0. The molecule has 2 fully saturated rings. The lowest BCUT2D eigenvalue weighted by Gasteiger charge is -2.24. The third-order valence-corrected chi connectivity index (χ3v) is 5.04. The van der Waals surface area contributed by atoms with Crippen LogP contribution in [0.5, 0.6) is 11.5 Å². The molecule has 4 nitrogen and oxygen atoms in total. The van der Waals surface area contributed by atoms with Crippen molar-refractivity contribution in [3.8, 4) is 11.5 Å². The third kappa shape index (κ3) is 4.39. The van der Waals surface area contributed by atoms with Crippen LogP contribution in [0.15, 0.2) is 18.2 Å². The van der Waals surface area contributed by atoms with E-state index in [-0.39, 0.29) is 6.10 Å². The molecule has 3 rings (SSSR count). The number of hydrogen-bond donors (Lipinski definition) is 1. The van der Waals surface area contributed by atoms with E-state index >= 15 is 0 Å². The van der Waals surface area contributed by atoms with E-state index < -0.39 is 6.10 Å². The van der Waals surface area contributed by atoms with Crippen molar-refractivity contribution in [1.29, 1.82) is 0 Å². The van der Waals surface area contributed by atoms with Gasteiger partial charge in [-0.2, -0.15) is 0 Å². The predicted octanol–water partition coefficient (Wildman–Crippen LogP) is 3.87. The fraction of sp³-hybridized carbons (Fsp3) is 0.684.